The number of hydrogen-bond acceptors (Lipinski definition) is 15. The average Bonchev–Trinajstić information content (AvgIpc) is 3.41. The third kappa shape index (κ3) is 7.71. The minimum Gasteiger partial charge on any atom is -0.394 e. The summed E-state index contributed by atoms with van der Waals surface area (Å²) in [7, 11) is 0. The molecule has 54 heavy (non-hydrogen) atoms. The van der Waals surface area contributed by atoms with E-state index in [2.05, 4.69) is 19.9 Å². The van der Waals surface area contributed by atoms with Crippen molar-refractivity contribution < 1.29 is 75.1 Å². The van der Waals surface area contributed by atoms with Crippen LogP contribution in [0.1, 0.15) is 79.1 Å². The normalized spacial score (nSPS) is 51.0. The van der Waals surface area contributed by atoms with E-state index in [0.29, 0.717) is 38.5 Å². The molecule has 22 atom stereocenters. The molecule has 2 unspecified atom stereocenters. The number of aliphatic hydroxyl groups is 11. The Morgan fingerprint density at radius 1 is 0.815 bits per heavy atom. The second kappa shape index (κ2) is 16.8. The Hall–Kier alpha value is -0.860. The lowest BCUT2D eigenvalue weighted by Gasteiger charge is -2.60. The molecule has 2 heterocycles. The maximum atomic E-state index is 12.0. The third-order valence-corrected chi connectivity index (χ3v) is 14.8. The molecule has 4 aliphatic carbocycles. The van der Waals surface area contributed by atoms with E-state index in [1.54, 1.807) is 0 Å². The molecule has 0 amide bonds. The van der Waals surface area contributed by atoms with Gasteiger partial charge in [0.05, 0.1) is 44.2 Å². The van der Waals surface area contributed by atoms with E-state index in [1.165, 1.54) is 5.57 Å². The Morgan fingerprint density at radius 2 is 1.43 bits per heavy atom. The van der Waals surface area contributed by atoms with E-state index in [-0.39, 0.29) is 53.6 Å². The summed E-state index contributed by atoms with van der Waals surface area (Å²) in [5, 5.41) is 116. The van der Waals surface area contributed by atoms with Gasteiger partial charge in [-0.05, 0) is 97.7 Å². The molecule has 5 fully saturated rings. The monoisotopic (exact) mass is 774 g/mol. The minimum atomic E-state index is -1.52. The average molecular weight is 775 g/mol. The fraction of sp³-hybridized carbons (Fsp3) is 0.949. The zero-order valence-electron chi connectivity index (χ0n) is 32.0. The van der Waals surface area contributed by atoms with Crippen molar-refractivity contribution in [1.29, 1.82) is 0 Å². The molecule has 2 saturated heterocycles. The van der Waals surface area contributed by atoms with Crippen LogP contribution in [0.3, 0.4) is 0 Å². The highest BCUT2D eigenvalue weighted by molar-refractivity contribution is 5.27. The summed E-state index contributed by atoms with van der Waals surface area (Å²) >= 11 is 0. The molecule has 15 heteroatoms. The Morgan fingerprint density at radius 3 is 2.06 bits per heavy atom. The zero-order valence-corrected chi connectivity index (χ0v) is 32.0. The van der Waals surface area contributed by atoms with E-state index in [0.717, 1.165) is 12.8 Å². The molecule has 2 aliphatic heterocycles. The van der Waals surface area contributed by atoms with Crippen LogP contribution in [-0.4, -0.2) is 162 Å². The Balaban J connectivity index is 1.06. The van der Waals surface area contributed by atoms with Crippen LogP contribution in [-0.2, 0) is 18.9 Å². The second-order valence-corrected chi connectivity index (χ2v) is 18.1. The van der Waals surface area contributed by atoms with Crippen molar-refractivity contribution >= 4 is 0 Å². The van der Waals surface area contributed by atoms with E-state index < -0.39 is 98.4 Å². The number of aliphatic hydroxyl groups excluding tert-OH is 11. The molecule has 0 aromatic rings. The number of fused-ring (bicyclic) bond motifs is 5. The standard InChI is InChI=1S/C39H66O15/c1-17(16-51-36-34(49)32(47)30(45)26(14-40)53-36)5-8-23(42)18(2)28-24(43)12-22-21-7-6-19-11-20(52-37-35(50)33(48)31(46)27(15-41)54-37)9-10-38(19,3)29(21)25(44)13-39(22,28)4/h6,17-18,20-37,40-50H,5,7-16H2,1-4H3/t17-,18-,20+,21+,22+,23-,24+,25-,26-,27-,28+,29-,30-,31-,32+,33?,34-,35?,36-,37-,38+,39+/m1/s1. The van der Waals surface area contributed by atoms with Crippen LogP contribution < -0.4 is 0 Å². The number of rotatable bonds is 12. The predicted molar refractivity (Wildman–Crippen MR) is 190 cm³/mol. The Bertz CT molecular complexity index is 1280. The van der Waals surface area contributed by atoms with Gasteiger partial charge in [0.1, 0.15) is 48.8 Å². The van der Waals surface area contributed by atoms with Gasteiger partial charge in [-0.25, -0.2) is 0 Å². The number of ether oxygens (including phenoxy) is 4. The highest BCUT2D eigenvalue weighted by Gasteiger charge is 2.65. The van der Waals surface area contributed by atoms with Crippen molar-refractivity contribution in [3.8, 4) is 0 Å². The van der Waals surface area contributed by atoms with Gasteiger partial charge >= 0.3 is 0 Å². The second-order valence-electron chi connectivity index (χ2n) is 18.1. The molecule has 312 valence electrons. The lowest BCUT2D eigenvalue weighted by Crippen LogP contribution is -2.60. The molecule has 11 N–H and O–H groups in total. The molecular formula is C39H66O15. The van der Waals surface area contributed by atoms with Crippen LogP contribution >= 0.6 is 0 Å². The summed E-state index contributed by atoms with van der Waals surface area (Å²) in [5.74, 6) is -0.287. The summed E-state index contributed by atoms with van der Waals surface area (Å²) in [5.41, 5.74) is 0.473. The van der Waals surface area contributed by atoms with Crippen LogP contribution in [0, 0.1) is 46.3 Å². The third-order valence-electron chi connectivity index (χ3n) is 14.8. The van der Waals surface area contributed by atoms with Crippen molar-refractivity contribution in [1.82, 2.24) is 0 Å². The van der Waals surface area contributed by atoms with Gasteiger partial charge in [-0.1, -0.05) is 39.3 Å². The molecule has 0 spiro atoms. The smallest absolute Gasteiger partial charge is 0.186 e. The maximum Gasteiger partial charge on any atom is 0.186 e. The van der Waals surface area contributed by atoms with E-state index in [1.807, 2.05) is 13.8 Å². The summed E-state index contributed by atoms with van der Waals surface area (Å²) in [6, 6.07) is 0. The van der Waals surface area contributed by atoms with Gasteiger partial charge in [0.25, 0.3) is 0 Å². The predicted octanol–water partition coefficient (Wildman–Crippen LogP) is -1.08. The van der Waals surface area contributed by atoms with Crippen molar-refractivity contribution in [2.24, 2.45) is 46.3 Å². The molecule has 0 radical (unpaired) electrons. The SMILES string of the molecule is C[C@H](CC[C@@H](O)[C@@H](C)[C@H]1[C@@H](O)C[C@H]2[C@@H]3CC=C4C[C@@H](O[C@@H]5O[C@H](CO)[C@@H](O)C(O)C5O)CC[C@]4(C)[C@H]3[C@H](O)C[C@]12C)CO[C@@H]1O[C@H](CO)[C@@H](O)[C@H](O)[C@H]1O. The van der Waals surface area contributed by atoms with Crippen molar-refractivity contribution in [3.05, 3.63) is 11.6 Å². The van der Waals surface area contributed by atoms with Gasteiger partial charge < -0.3 is 75.1 Å². The fourth-order valence-corrected chi connectivity index (χ4v) is 11.8. The maximum absolute atomic E-state index is 12.0. The van der Waals surface area contributed by atoms with Gasteiger partial charge in [0.15, 0.2) is 12.6 Å². The van der Waals surface area contributed by atoms with Crippen LogP contribution in [0.2, 0.25) is 0 Å². The summed E-state index contributed by atoms with van der Waals surface area (Å²) in [4.78, 5) is 0. The number of allylic oxidation sites excluding steroid dienone is 1. The zero-order chi connectivity index (χ0) is 39.4. The molecule has 0 aromatic carbocycles. The summed E-state index contributed by atoms with van der Waals surface area (Å²) < 4.78 is 22.9. The van der Waals surface area contributed by atoms with Gasteiger partial charge in [-0.15, -0.1) is 0 Å². The number of hydrogen-bond donors (Lipinski definition) is 11. The highest BCUT2D eigenvalue weighted by Crippen LogP contribution is 2.67. The van der Waals surface area contributed by atoms with Crippen LogP contribution in [0.5, 0.6) is 0 Å². The Labute approximate surface area is 317 Å². The van der Waals surface area contributed by atoms with E-state index in [4.69, 9.17) is 18.9 Å². The van der Waals surface area contributed by atoms with Crippen molar-refractivity contribution in [2.45, 2.75) is 165 Å². The van der Waals surface area contributed by atoms with Crippen LogP contribution in [0.4, 0.5) is 0 Å². The first-order chi connectivity index (χ1) is 25.5. The van der Waals surface area contributed by atoms with Gasteiger partial charge in [-0.3, -0.25) is 0 Å². The molecule has 3 saturated carbocycles. The summed E-state index contributed by atoms with van der Waals surface area (Å²) in [6.07, 6.45) is -8.70. The quantitative estimate of drug-likeness (QED) is 0.106. The minimum absolute atomic E-state index is 0.0282. The van der Waals surface area contributed by atoms with E-state index >= 15 is 0 Å². The molecule has 0 aromatic heterocycles. The Kier molecular flexibility index (Phi) is 13.3. The highest BCUT2D eigenvalue weighted by atomic mass is 16.7. The largest absolute Gasteiger partial charge is 0.394 e. The molecule has 0 bridgehead atoms. The first kappa shape index (κ1) is 42.7. The van der Waals surface area contributed by atoms with Crippen LogP contribution in [0.25, 0.3) is 0 Å². The molecule has 15 nitrogen and oxygen atoms in total. The first-order valence-corrected chi connectivity index (χ1v) is 20.1. The molecular weight excluding hydrogens is 708 g/mol. The van der Waals surface area contributed by atoms with Crippen LogP contribution in [0.15, 0.2) is 11.6 Å². The van der Waals surface area contributed by atoms with Crippen molar-refractivity contribution in [2.75, 3.05) is 19.8 Å². The first-order valence-electron chi connectivity index (χ1n) is 20.1. The topological polar surface area (TPSA) is 259 Å². The van der Waals surface area contributed by atoms with E-state index in [9.17, 15) is 56.2 Å². The fourth-order valence-electron chi connectivity index (χ4n) is 11.8. The van der Waals surface area contributed by atoms with Gasteiger partial charge in [0.2, 0.25) is 0 Å². The summed E-state index contributed by atoms with van der Waals surface area (Å²) in [6.45, 7) is 7.38. The molecule has 6 aliphatic rings. The van der Waals surface area contributed by atoms with Crippen molar-refractivity contribution in [3.63, 3.8) is 0 Å². The lowest BCUT2D eigenvalue weighted by molar-refractivity contribution is -0.313. The lowest BCUT2D eigenvalue weighted by atomic mass is 9.46. The molecule has 6 rings (SSSR count). The van der Waals surface area contributed by atoms with Gasteiger partial charge in [0, 0.05) is 0 Å². The van der Waals surface area contributed by atoms with Gasteiger partial charge in [-0.2, -0.15) is 0 Å².